The summed E-state index contributed by atoms with van der Waals surface area (Å²) in [5.74, 6) is 0.597. The molecule has 3 heterocycles. The van der Waals surface area contributed by atoms with Crippen molar-refractivity contribution in [1.82, 2.24) is 19.6 Å². The molecule has 0 bridgehead atoms. The van der Waals surface area contributed by atoms with Crippen LogP contribution in [0.15, 0.2) is 0 Å². The van der Waals surface area contributed by atoms with Crippen LogP contribution < -0.4 is 0 Å². The van der Waals surface area contributed by atoms with Crippen molar-refractivity contribution in [3.63, 3.8) is 0 Å². The van der Waals surface area contributed by atoms with E-state index in [0.717, 1.165) is 70.7 Å². The highest BCUT2D eigenvalue weighted by Crippen LogP contribution is 2.28. The molecule has 8 nitrogen and oxygen atoms in total. The summed E-state index contributed by atoms with van der Waals surface area (Å²) < 4.78 is 10.4. The Hall–Kier alpha value is -1.38. The van der Waals surface area contributed by atoms with Gasteiger partial charge in [-0.2, -0.15) is 0 Å². The molecule has 0 aromatic heterocycles. The second-order valence-electron chi connectivity index (χ2n) is 10.5. The molecule has 1 saturated carbocycles. The molecule has 1 amide bonds. The van der Waals surface area contributed by atoms with Crippen molar-refractivity contribution >= 4 is 12.1 Å². The SMILES string of the molecule is COC(=O)CCN1CCN(CC2CN(CCC3CCN(C4CCCCC4)CC3)C(=O)O2)CC1. The zero-order chi connectivity index (χ0) is 23.0. The highest BCUT2D eigenvalue weighted by molar-refractivity contribution is 5.70. The number of cyclic esters (lactones) is 1. The molecule has 1 unspecified atom stereocenters. The van der Waals surface area contributed by atoms with Gasteiger partial charge in [-0.05, 0) is 51.1 Å². The fraction of sp³-hybridized carbons (Fsp3) is 0.920. The van der Waals surface area contributed by atoms with E-state index in [1.54, 1.807) is 0 Å². The van der Waals surface area contributed by atoms with Crippen LogP contribution in [0.25, 0.3) is 0 Å². The van der Waals surface area contributed by atoms with E-state index in [1.165, 1.54) is 65.1 Å². The van der Waals surface area contributed by atoms with Crippen LogP contribution in [0.4, 0.5) is 4.79 Å². The fourth-order valence-corrected chi connectivity index (χ4v) is 6.08. The molecule has 8 heteroatoms. The second kappa shape index (κ2) is 12.4. The Morgan fingerprint density at radius 2 is 1.64 bits per heavy atom. The van der Waals surface area contributed by atoms with Crippen LogP contribution in [0.5, 0.6) is 0 Å². The number of hydrogen-bond acceptors (Lipinski definition) is 7. The van der Waals surface area contributed by atoms with E-state index in [1.807, 2.05) is 4.90 Å². The van der Waals surface area contributed by atoms with Crippen LogP contribution in [0, 0.1) is 5.92 Å². The smallest absolute Gasteiger partial charge is 0.410 e. The van der Waals surface area contributed by atoms with Crippen molar-refractivity contribution in [2.24, 2.45) is 5.92 Å². The quantitative estimate of drug-likeness (QED) is 0.486. The second-order valence-corrected chi connectivity index (χ2v) is 10.5. The van der Waals surface area contributed by atoms with Crippen LogP contribution in [0.1, 0.15) is 57.8 Å². The zero-order valence-corrected chi connectivity index (χ0v) is 20.6. The predicted molar refractivity (Wildman–Crippen MR) is 127 cm³/mol. The average Bonchev–Trinajstić information content (AvgIpc) is 3.21. The highest BCUT2D eigenvalue weighted by Gasteiger charge is 2.34. The van der Waals surface area contributed by atoms with Gasteiger partial charge in [0.1, 0.15) is 6.10 Å². The lowest BCUT2D eigenvalue weighted by atomic mass is 9.89. The third-order valence-corrected chi connectivity index (χ3v) is 8.28. The van der Waals surface area contributed by atoms with Gasteiger partial charge in [-0.25, -0.2) is 4.79 Å². The lowest BCUT2D eigenvalue weighted by Gasteiger charge is -2.39. The fourth-order valence-electron chi connectivity index (χ4n) is 6.08. The van der Waals surface area contributed by atoms with E-state index in [9.17, 15) is 9.59 Å². The molecule has 33 heavy (non-hydrogen) atoms. The molecule has 0 radical (unpaired) electrons. The molecule has 4 fully saturated rings. The number of piperidine rings is 1. The first-order chi connectivity index (χ1) is 16.1. The van der Waals surface area contributed by atoms with Crippen LogP contribution >= 0.6 is 0 Å². The third kappa shape index (κ3) is 7.30. The minimum Gasteiger partial charge on any atom is -0.469 e. The van der Waals surface area contributed by atoms with Crippen molar-refractivity contribution in [1.29, 1.82) is 0 Å². The van der Waals surface area contributed by atoms with E-state index in [2.05, 4.69) is 14.7 Å². The molecule has 0 spiro atoms. The van der Waals surface area contributed by atoms with Gasteiger partial charge in [0.25, 0.3) is 0 Å². The molecule has 1 atom stereocenters. The lowest BCUT2D eigenvalue weighted by molar-refractivity contribution is -0.141. The highest BCUT2D eigenvalue weighted by atomic mass is 16.6. The summed E-state index contributed by atoms with van der Waals surface area (Å²) in [5, 5.41) is 0. The van der Waals surface area contributed by atoms with Crippen LogP contribution in [0.2, 0.25) is 0 Å². The largest absolute Gasteiger partial charge is 0.469 e. The summed E-state index contributed by atoms with van der Waals surface area (Å²) in [4.78, 5) is 33.1. The lowest BCUT2D eigenvalue weighted by Crippen LogP contribution is -2.49. The standard InChI is InChI=1S/C25H44N4O4/c1-32-24(30)10-11-26-15-17-27(18-16-26)19-23-20-29(25(31)33-23)14-9-21-7-12-28(13-8-21)22-5-3-2-4-6-22/h21-23H,2-20H2,1H3. The third-order valence-electron chi connectivity index (χ3n) is 8.28. The Morgan fingerprint density at radius 3 is 2.33 bits per heavy atom. The number of hydrogen-bond donors (Lipinski definition) is 0. The molecule has 3 aliphatic heterocycles. The maximum absolute atomic E-state index is 12.4. The first kappa shape index (κ1) is 24.7. The Labute approximate surface area is 199 Å². The maximum atomic E-state index is 12.4. The van der Waals surface area contributed by atoms with Crippen molar-refractivity contribution in [2.75, 3.05) is 72.6 Å². The maximum Gasteiger partial charge on any atom is 0.410 e. The average molecular weight is 465 g/mol. The normalized spacial score (nSPS) is 27.1. The van der Waals surface area contributed by atoms with Crippen molar-refractivity contribution in [3.8, 4) is 0 Å². The molecule has 4 rings (SSSR count). The summed E-state index contributed by atoms with van der Waals surface area (Å²) in [7, 11) is 1.44. The van der Waals surface area contributed by atoms with Crippen molar-refractivity contribution in [2.45, 2.75) is 69.9 Å². The number of carbonyl (C=O) groups excluding carboxylic acids is 2. The van der Waals surface area contributed by atoms with E-state index in [-0.39, 0.29) is 18.2 Å². The van der Waals surface area contributed by atoms with Crippen molar-refractivity contribution in [3.05, 3.63) is 0 Å². The number of rotatable bonds is 9. The van der Waals surface area contributed by atoms with Crippen LogP contribution in [-0.2, 0) is 14.3 Å². The van der Waals surface area contributed by atoms with Gasteiger partial charge in [0, 0.05) is 51.9 Å². The molecule has 3 saturated heterocycles. The number of ether oxygens (including phenoxy) is 2. The number of amides is 1. The summed E-state index contributed by atoms with van der Waals surface area (Å²) in [6.45, 7) is 9.42. The van der Waals surface area contributed by atoms with Gasteiger partial charge < -0.3 is 24.2 Å². The molecule has 188 valence electrons. The van der Waals surface area contributed by atoms with Gasteiger partial charge in [-0.1, -0.05) is 19.3 Å². The molecule has 0 aromatic carbocycles. The molecule has 0 N–H and O–H groups in total. The van der Waals surface area contributed by atoms with E-state index >= 15 is 0 Å². The first-order valence-electron chi connectivity index (χ1n) is 13.3. The van der Waals surface area contributed by atoms with Gasteiger partial charge in [0.05, 0.1) is 20.1 Å². The van der Waals surface area contributed by atoms with Crippen molar-refractivity contribution < 1.29 is 19.1 Å². The minimum atomic E-state index is -0.148. The molecular weight excluding hydrogens is 420 g/mol. The first-order valence-corrected chi connectivity index (χ1v) is 13.3. The molecular formula is C25H44N4O4. The number of methoxy groups -OCH3 is 1. The molecule has 1 aliphatic carbocycles. The van der Waals surface area contributed by atoms with E-state index in [4.69, 9.17) is 9.47 Å². The Bertz CT molecular complexity index is 626. The van der Waals surface area contributed by atoms with E-state index in [0.29, 0.717) is 6.42 Å². The molecule has 0 aromatic rings. The predicted octanol–water partition coefficient (Wildman–Crippen LogP) is 2.42. The van der Waals surface area contributed by atoms with Gasteiger partial charge in [-0.3, -0.25) is 9.69 Å². The number of nitrogens with zero attached hydrogens (tertiary/aromatic N) is 4. The monoisotopic (exact) mass is 464 g/mol. The number of esters is 1. The Balaban J connectivity index is 1.10. The zero-order valence-electron chi connectivity index (χ0n) is 20.6. The summed E-state index contributed by atoms with van der Waals surface area (Å²) in [5.41, 5.74) is 0. The van der Waals surface area contributed by atoms with Crippen LogP contribution in [0.3, 0.4) is 0 Å². The number of likely N-dealkylation sites (tertiary alicyclic amines) is 1. The van der Waals surface area contributed by atoms with Gasteiger partial charge in [0.15, 0.2) is 0 Å². The summed E-state index contributed by atoms with van der Waals surface area (Å²) >= 11 is 0. The number of piperazine rings is 1. The Morgan fingerprint density at radius 1 is 0.939 bits per heavy atom. The minimum absolute atomic E-state index is 0.0210. The Kier molecular flexibility index (Phi) is 9.26. The van der Waals surface area contributed by atoms with Gasteiger partial charge >= 0.3 is 12.1 Å². The topological polar surface area (TPSA) is 65.6 Å². The van der Waals surface area contributed by atoms with Crippen LogP contribution in [-0.4, -0.2) is 116 Å². The molecule has 4 aliphatic rings. The van der Waals surface area contributed by atoms with Gasteiger partial charge in [-0.15, -0.1) is 0 Å². The summed E-state index contributed by atoms with van der Waals surface area (Å²) in [6.07, 6.45) is 11.0. The summed E-state index contributed by atoms with van der Waals surface area (Å²) in [6, 6.07) is 0.837. The van der Waals surface area contributed by atoms with Gasteiger partial charge in [0.2, 0.25) is 0 Å². The van der Waals surface area contributed by atoms with E-state index < -0.39 is 0 Å². The number of carbonyl (C=O) groups is 2.